The van der Waals surface area contributed by atoms with Crippen LogP contribution in [0.15, 0.2) is 85.1 Å². The lowest BCUT2D eigenvalue weighted by molar-refractivity contribution is 0.145. The summed E-state index contributed by atoms with van der Waals surface area (Å²) in [5, 5.41) is 9.46. The minimum absolute atomic E-state index is 0.491. The molecule has 0 spiro atoms. The zero-order chi connectivity index (χ0) is 30.8. The van der Waals surface area contributed by atoms with Crippen LogP contribution < -0.4 is 15.4 Å². The average molecular weight is 603 g/mol. The van der Waals surface area contributed by atoms with Gasteiger partial charge in [-0.2, -0.15) is 0 Å². The number of fused-ring (bicyclic) bond motifs is 2. The van der Waals surface area contributed by atoms with Crippen molar-refractivity contribution in [2.24, 2.45) is 11.8 Å². The number of aromatic nitrogens is 3. The minimum atomic E-state index is 0.491. The van der Waals surface area contributed by atoms with E-state index in [0.29, 0.717) is 11.8 Å². The summed E-state index contributed by atoms with van der Waals surface area (Å²) >= 11 is 0. The lowest BCUT2D eigenvalue weighted by Crippen LogP contribution is -2.38. The van der Waals surface area contributed by atoms with E-state index < -0.39 is 0 Å². The minimum Gasteiger partial charge on any atom is -0.493 e. The highest BCUT2D eigenvalue weighted by Crippen LogP contribution is 2.27. The van der Waals surface area contributed by atoms with E-state index in [0.717, 1.165) is 111 Å². The van der Waals surface area contributed by atoms with Crippen LogP contribution in [0.3, 0.4) is 0 Å². The van der Waals surface area contributed by atoms with E-state index in [1.54, 1.807) is 0 Å². The largest absolute Gasteiger partial charge is 0.493 e. The van der Waals surface area contributed by atoms with Crippen molar-refractivity contribution in [1.82, 2.24) is 19.9 Å². The first-order chi connectivity index (χ1) is 22.1. The van der Waals surface area contributed by atoms with E-state index in [1.807, 2.05) is 12.3 Å². The van der Waals surface area contributed by atoms with Crippen LogP contribution in [0.25, 0.3) is 21.8 Å². The number of benzene rings is 3. The van der Waals surface area contributed by atoms with Gasteiger partial charge in [-0.3, -0.25) is 4.98 Å². The average Bonchev–Trinajstić information content (AvgIpc) is 3.06. The van der Waals surface area contributed by atoms with E-state index in [-0.39, 0.29) is 0 Å². The number of hydrogen-bond acceptors (Lipinski definition) is 7. The number of ether oxygens (including phenoxy) is 1. The maximum Gasteiger partial charge on any atom is 0.137 e. The SMILES string of the molecule is CC(C)Cc1nc(NCCCc2ccccc2)c2ccc(OCC3CCN(CCNc4ccnc5ccccc45)CC3)cc2n1. The molecule has 0 bridgehead atoms. The number of likely N-dealkylation sites (tertiary alicyclic amines) is 1. The van der Waals surface area contributed by atoms with Gasteiger partial charge in [0.05, 0.1) is 17.6 Å². The van der Waals surface area contributed by atoms with Crippen LogP contribution >= 0.6 is 0 Å². The van der Waals surface area contributed by atoms with Crippen molar-refractivity contribution in [1.29, 1.82) is 0 Å². The molecule has 1 fully saturated rings. The first kappa shape index (κ1) is 30.8. The van der Waals surface area contributed by atoms with Crippen molar-refractivity contribution in [3.63, 3.8) is 0 Å². The highest BCUT2D eigenvalue weighted by molar-refractivity contribution is 5.91. The lowest BCUT2D eigenvalue weighted by atomic mass is 9.98. The third-order valence-electron chi connectivity index (χ3n) is 8.67. The number of para-hydroxylation sites is 1. The standard InChI is InChI=1S/C38H46N6O/c1-28(2)25-37-42-36-26-31(14-15-33(36)38(43-37)41-19-8-11-29-9-4-3-5-10-29)45-27-30-17-22-44(23-18-30)24-21-40-35-16-20-39-34-13-7-6-12-32(34)35/h3-7,9-10,12-16,20,26,28,30H,8,11,17-19,21-25,27H2,1-2H3,(H,39,40)(H,41,42,43). The zero-order valence-corrected chi connectivity index (χ0v) is 26.7. The molecule has 6 rings (SSSR count). The summed E-state index contributed by atoms with van der Waals surface area (Å²) in [7, 11) is 0. The second-order valence-corrected chi connectivity index (χ2v) is 12.7. The predicted molar refractivity (Wildman–Crippen MR) is 186 cm³/mol. The number of nitrogens with zero attached hydrogens (tertiary/aromatic N) is 4. The lowest BCUT2D eigenvalue weighted by Gasteiger charge is -2.32. The molecule has 0 amide bonds. The molecular weight excluding hydrogens is 556 g/mol. The van der Waals surface area contributed by atoms with Gasteiger partial charge in [-0.05, 0) is 80.4 Å². The van der Waals surface area contributed by atoms with Crippen LogP contribution in [0.5, 0.6) is 5.75 Å². The quantitative estimate of drug-likeness (QED) is 0.127. The molecule has 2 N–H and O–H groups in total. The van der Waals surface area contributed by atoms with Crippen molar-refractivity contribution in [3.8, 4) is 5.75 Å². The van der Waals surface area contributed by atoms with Crippen LogP contribution in [0.1, 0.15) is 44.5 Å². The molecule has 7 nitrogen and oxygen atoms in total. The van der Waals surface area contributed by atoms with E-state index in [9.17, 15) is 0 Å². The van der Waals surface area contributed by atoms with Crippen molar-refractivity contribution < 1.29 is 4.74 Å². The Labute approximate surface area is 267 Å². The molecule has 5 aromatic rings. The third kappa shape index (κ3) is 8.49. The number of anilines is 2. The summed E-state index contributed by atoms with van der Waals surface area (Å²) in [5.41, 5.74) is 4.51. The number of hydrogen-bond donors (Lipinski definition) is 2. The number of pyridine rings is 1. The molecule has 7 heteroatoms. The maximum absolute atomic E-state index is 6.36. The van der Waals surface area contributed by atoms with Gasteiger partial charge < -0.3 is 20.3 Å². The molecule has 0 atom stereocenters. The van der Waals surface area contributed by atoms with Gasteiger partial charge in [0.1, 0.15) is 17.4 Å². The monoisotopic (exact) mass is 602 g/mol. The molecular formula is C38H46N6O. The summed E-state index contributed by atoms with van der Waals surface area (Å²) < 4.78 is 6.36. The zero-order valence-electron chi connectivity index (χ0n) is 26.7. The van der Waals surface area contributed by atoms with Gasteiger partial charge in [-0.15, -0.1) is 0 Å². The Hall–Kier alpha value is -4.23. The van der Waals surface area contributed by atoms with Crippen molar-refractivity contribution in [2.75, 3.05) is 50.0 Å². The van der Waals surface area contributed by atoms with Gasteiger partial charge in [0.15, 0.2) is 0 Å². The van der Waals surface area contributed by atoms with E-state index in [4.69, 9.17) is 14.7 Å². The number of nitrogens with one attached hydrogen (secondary N) is 2. The fraction of sp³-hybridized carbons (Fsp3) is 0.395. The Morgan fingerprint density at radius 3 is 2.51 bits per heavy atom. The van der Waals surface area contributed by atoms with Gasteiger partial charge >= 0.3 is 0 Å². The van der Waals surface area contributed by atoms with Gasteiger partial charge in [-0.25, -0.2) is 9.97 Å². The summed E-state index contributed by atoms with van der Waals surface area (Å²) in [4.78, 5) is 16.9. The number of piperidine rings is 1. The van der Waals surface area contributed by atoms with Crippen LogP contribution in [0.2, 0.25) is 0 Å². The smallest absolute Gasteiger partial charge is 0.137 e. The number of rotatable bonds is 14. The van der Waals surface area contributed by atoms with Gasteiger partial charge in [0, 0.05) is 54.8 Å². The molecule has 1 aliphatic rings. The normalized spacial score (nSPS) is 14.3. The molecule has 0 unspecified atom stereocenters. The van der Waals surface area contributed by atoms with E-state index in [2.05, 4.69) is 107 Å². The van der Waals surface area contributed by atoms with Crippen LogP contribution in [0.4, 0.5) is 11.5 Å². The Morgan fingerprint density at radius 1 is 0.844 bits per heavy atom. The van der Waals surface area contributed by atoms with Gasteiger partial charge in [0.2, 0.25) is 0 Å². The predicted octanol–water partition coefficient (Wildman–Crippen LogP) is 7.62. The van der Waals surface area contributed by atoms with E-state index in [1.165, 1.54) is 10.9 Å². The molecule has 0 radical (unpaired) electrons. The Kier molecular flexibility index (Phi) is 10.4. The van der Waals surface area contributed by atoms with Gasteiger partial charge in [-0.1, -0.05) is 62.4 Å². The Balaban J connectivity index is 0.993. The second-order valence-electron chi connectivity index (χ2n) is 12.7. The van der Waals surface area contributed by atoms with Crippen molar-refractivity contribution in [3.05, 3.63) is 96.4 Å². The molecule has 0 aliphatic carbocycles. The number of aryl methyl sites for hydroxylation is 1. The fourth-order valence-electron chi connectivity index (χ4n) is 6.17. The molecule has 3 aromatic carbocycles. The molecule has 0 saturated carbocycles. The van der Waals surface area contributed by atoms with Crippen molar-refractivity contribution >= 4 is 33.3 Å². The summed E-state index contributed by atoms with van der Waals surface area (Å²) in [6.45, 7) is 10.2. The molecule has 1 aliphatic heterocycles. The maximum atomic E-state index is 6.36. The second kappa shape index (κ2) is 15.2. The van der Waals surface area contributed by atoms with Crippen molar-refractivity contribution in [2.45, 2.75) is 46.0 Å². The third-order valence-corrected chi connectivity index (χ3v) is 8.67. The van der Waals surface area contributed by atoms with Gasteiger partial charge in [0.25, 0.3) is 0 Å². The molecule has 2 aromatic heterocycles. The first-order valence-corrected chi connectivity index (χ1v) is 16.6. The fourth-order valence-corrected chi connectivity index (χ4v) is 6.17. The molecule has 45 heavy (non-hydrogen) atoms. The van der Waals surface area contributed by atoms with Crippen LogP contribution in [-0.4, -0.2) is 59.2 Å². The topological polar surface area (TPSA) is 75.2 Å². The van der Waals surface area contributed by atoms with Crippen LogP contribution in [0, 0.1) is 11.8 Å². The highest BCUT2D eigenvalue weighted by atomic mass is 16.5. The van der Waals surface area contributed by atoms with E-state index >= 15 is 0 Å². The Morgan fingerprint density at radius 2 is 1.67 bits per heavy atom. The molecule has 3 heterocycles. The molecule has 1 saturated heterocycles. The van der Waals surface area contributed by atoms with Crippen LogP contribution in [-0.2, 0) is 12.8 Å². The summed E-state index contributed by atoms with van der Waals surface area (Å²) in [5.74, 6) is 3.76. The molecule has 234 valence electrons. The summed E-state index contributed by atoms with van der Waals surface area (Å²) in [6, 6.07) is 27.3. The highest BCUT2D eigenvalue weighted by Gasteiger charge is 2.20. The Bertz CT molecular complexity index is 1660. The first-order valence-electron chi connectivity index (χ1n) is 16.6. The summed E-state index contributed by atoms with van der Waals surface area (Å²) in [6.07, 6.45) is 7.15.